The monoisotopic (exact) mass is 383 g/mol. The van der Waals surface area contributed by atoms with Crippen LogP contribution in [0.5, 0.6) is 0 Å². The van der Waals surface area contributed by atoms with Gasteiger partial charge in [0.15, 0.2) is 0 Å². The van der Waals surface area contributed by atoms with Gasteiger partial charge in [0, 0.05) is 18.2 Å². The normalized spacial score (nSPS) is 13.5. The maximum absolute atomic E-state index is 12.4. The summed E-state index contributed by atoms with van der Waals surface area (Å²) in [5, 5.41) is 6.44. The number of rotatable bonds is 6. The van der Waals surface area contributed by atoms with Crippen LogP contribution in [0.2, 0.25) is 0 Å². The number of nitrogen functional groups attached to an aromatic ring is 1. The van der Waals surface area contributed by atoms with E-state index in [-0.39, 0.29) is 5.91 Å². The van der Waals surface area contributed by atoms with Crippen LogP contribution >= 0.6 is 0 Å². The molecule has 146 valence electrons. The predicted octanol–water partition coefficient (Wildman–Crippen LogP) is 4.29. The molecule has 4 nitrogen and oxygen atoms in total. The molecule has 3 aromatic rings. The van der Waals surface area contributed by atoms with Gasteiger partial charge in [0.05, 0.1) is 11.4 Å². The third kappa shape index (κ3) is 4.73. The number of para-hydroxylation sites is 2. The Bertz CT molecular complexity index is 999. The third-order valence-corrected chi connectivity index (χ3v) is 5.27. The average Bonchev–Trinajstić information content (AvgIpc) is 3.16. The Hall–Kier alpha value is -3.37. The van der Waals surface area contributed by atoms with Crippen molar-refractivity contribution < 1.29 is 4.79 Å². The quantitative estimate of drug-likeness (QED) is 0.556. The fourth-order valence-electron chi connectivity index (χ4n) is 3.68. The summed E-state index contributed by atoms with van der Waals surface area (Å²) in [6, 6.07) is 24.0. The minimum Gasteiger partial charge on any atom is -0.397 e. The molecule has 4 N–H and O–H groups in total. The van der Waals surface area contributed by atoms with Crippen LogP contribution < -0.4 is 16.4 Å². The van der Waals surface area contributed by atoms with Crippen LogP contribution in [0.1, 0.15) is 27.0 Å². The van der Waals surface area contributed by atoms with Crippen molar-refractivity contribution in [2.24, 2.45) is 0 Å². The number of hydrogen-bond acceptors (Lipinski definition) is 3. The highest BCUT2D eigenvalue weighted by Gasteiger charge is 2.19. The van der Waals surface area contributed by atoms with Crippen molar-refractivity contribution in [1.82, 2.24) is 5.32 Å². The van der Waals surface area contributed by atoms with Crippen LogP contribution in [0, 0.1) is 0 Å². The minimum atomic E-state index is -0.166. The molecule has 4 rings (SSSR count). The van der Waals surface area contributed by atoms with E-state index in [0.29, 0.717) is 23.0 Å². The van der Waals surface area contributed by atoms with Gasteiger partial charge in [0.25, 0.3) is 5.91 Å². The topological polar surface area (TPSA) is 67.1 Å². The molecular weight excluding hydrogens is 358 g/mol. The van der Waals surface area contributed by atoms with Gasteiger partial charge in [0.2, 0.25) is 0 Å². The van der Waals surface area contributed by atoms with Gasteiger partial charge in [-0.2, -0.15) is 0 Å². The summed E-state index contributed by atoms with van der Waals surface area (Å²) < 4.78 is 0. The van der Waals surface area contributed by atoms with Crippen LogP contribution in [0.15, 0.2) is 78.9 Å². The molecule has 1 amide bonds. The zero-order valence-electron chi connectivity index (χ0n) is 16.3. The first-order valence-electron chi connectivity index (χ1n) is 9.91. The molecule has 4 heteroatoms. The Labute approximate surface area is 171 Å². The Balaban J connectivity index is 1.27. The maximum atomic E-state index is 12.4. The number of amides is 1. The summed E-state index contributed by atoms with van der Waals surface area (Å²) in [5.41, 5.74) is 11.6. The van der Waals surface area contributed by atoms with Crippen LogP contribution in [-0.2, 0) is 12.8 Å². The van der Waals surface area contributed by atoms with E-state index in [1.54, 1.807) is 12.1 Å². The highest BCUT2D eigenvalue weighted by Crippen LogP contribution is 2.21. The lowest BCUT2D eigenvalue weighted by molar-refractivity contribution is 0.102. The van der Waals surface area contributed by atoms with Crippen molar-refractivity contribution >= 4 is 23.4 Å². The molecule has 0 aliphatic heterocycles. The smallest absolute Gasteiger partial charge is 0.255 e. The van der Waals surface area contributed by atoms with Crippen molar-refractivity contribution in [3.63, 3.8) is 0 Å². The fraction of sp³-hybridized carbons (Fsp3) is 0.160. The SMILES string of the molecule is Nc1ccccc1NC(=O)c1ccc(C=CCNC2Cc3ccccc3C2)cc1. The molecule has 0 radical (unpaired) electrons. The summed E-state index contributed by atoms with van der Waals surface area (Å²) in [6.07, 6.45) is 6.40. The molecule has 0 bridgehead atoms. The molecule has 1 aliphatic carbocycles. The number of fused-ring (bicyclic) bond motifs is 1. The molecule has 0 unspecified atom stereocenters. The molecule has 0 saturated carbocycles. The average molecular weight is 383 g/mol. The lowest BCUT2D eigenvalue weighted by Gasteiger charge is -2.09. The van der Waals surface area contributed by atoms with E-state index in [0.717, 1.165) is 24.9 Å². The second kappa shape index (κ2) is 8.76. The molecule has 0 atom stereocenters. The van der Waals surface area contributed by atoms with Gasteiger partial charge in [-0.15, -0.1) is 0 Å². The first-order valence-corrected chi connectivity index (χ1v) is 9.91. The lowest BCUT2D eigenvalue weighted by atomic mass is 10.1. The summed E-state index contributed by atoms with van der Waals surface area (Å²) in [5.74, 6) is -0.166. The number of nitrogens with one attached hydrogen (secondary N) is 2. The van der Waals surface area contributed by atoms with E-state index in [2.05, 4.69) is 47.1 Å². The van der Waals surface area contributed by atoms with Gasteiger partial charge in [-0.1, -0.05) is 60.7 Å². The number of benzene rings is 3. The molecule has 29 heavy (non-hydrogen) atoms. The summed E-state index contributed by atoms with van der Waals surface area (Å²) in [7, 11) is 0. The lowest BCUT2D eigenvalue weighted by Crippen LogP contribution is -2.29. The van der Waals surface area contributed by atoms with Gasteiger partial charge in [-0.3, -0.25) is 4.79 Å². The fourth-order valence-corrected chi connectivity index (χ4v) is 3.68. The highest BCUT2D eigenvalue weighted by atomic mass is 16.1. The summed E-state index contributed by atoms with van der Waals surface area (Å²) in [6.45, 7) is 0.828. The number of nitrogens with two attached hydrogens (primary N) is 1. The summed E-state index contributed by atoms with van der Waals surface area (Å²) >= 11 is 0. The highest BCUT2D eigenvalue weighted by molar-refractivity contribution is 6.05. The number of anilines is 2. The van der Waals surface area contributed by atoms with E-state index in [1.807, 2.05) is 36.4 Å². The first-order chi connectivity index (χ1) is 14.2. The predicted molar refractivity (Wildman–Crippen MR) is 120 cm³/mol. The standard InChI is InChI=1S/C25H25N3O/c26-23-9-3-4-10-24(23)28-25(29)19-13-11-18(12-14-19)6-5-15-27-22-16-20-7-1-2-8-21(20)17-22/h1-14,22,27H,15-17,26H2,(H,28,29). The second-order valence-electron chi connectivity index (χ2n) is 7.35. The Morgan fingerprint density at radius 1 is 0.931 bits per heavy atom. The van der Waals surface area contributed by atoms with Crippen molar-refractivity contribution in [1.29, 1.82) is 0 Å². The molecular formula is C25H25N3O. The zero-order chi connectivity index (χ0) is 20.1. The molecule has 3 aromatic carbocycles. The molecule has 0 saturated heterocycles. The molecule has 1 aliphatic rings. The molecule has 0 heterocycles. The van der Waals surface area contributed by atoms with E-state index >= 15 is 0 Å². The van der Waals surface area contributed by atoms with Gasteiger partial charge in [-0.05, 0) is 53.8 Å². The van der Waals surface area contributed by atoms with Crippen LogP contribution in [0.4, 0.5) is 11.4 Å². The summed E-state index contributed by atoms with van der Waals surface area (Å²) in [4.78, 5) is 12.4. The Morgan fingerprint density at radius 2 is 1.59 bits per heavy atom. The van der Waals surface area contributed by atoms with Crippen LogP contribution in [0.25, 0.3) is 6.08 Å². The van der Waals surface area contributed by atoms with Crippen molar-refractivity contribution in [3.05, 3.63) is 101 Å². The van der Waals surface area contributed by atoms with Crippen molar-refractivity contribution in [3.8, 4) is 0 Å². The van der Waals surface area contributed by atoms with E-state index in [4.69, 9.17) is 5.73 Å². The van der Waals surface area contributed by atoms with Gasteiger partial charge in [-0.25, -0.2) is 0 Å². The third-order valence-electron chi connectivity index (χ3n) is 5.27. The molecule has 0 aromatic heterocycles. The van der Waals surface area contributed by atoms with Gasteiger partial charge in [0.1, 0.15) is 0 Å². The number of carbonyl (C=O) groups excluding carboxylic acids is 1. The van der Waals surface area contributed by atoms with Crippen LogP contribution in [-0.4, -0.2) is 18.5 Å². The van der Waals surface area contributed by atoms with E-state index in [9.17, 15) is 4.79 Å². The largest absolute Gasteiger partial charge is 0.397 e. The maximum Gasteiger partial charge on any atom is 0.255 e. The number of hydrogen-bond donors (Lipinski definition) is 3. The van der Waals surface area contributed by atoms with E-state index in [1.165, 1.54) is 11.1 Å². The molecule has 0 spiro atoms. The second-order valence-corrected chi connectivity index (χ2v) is 7.35. The van der Waals surface area contributed by atoms with Crippen molar-refractivity contribution in [2.45, 2.75) is 18.9 Å². The van der Waals surface area contributed by atoms with Crippen LogP contribution in [0.3, 0.4) is 0 Å². The zero-order valence-corrected chi connectivity index (χ0v) is 16.3. The van der Waals surface area contributed by atoms with Crippen molar-refractivity contribution in [2.75, 3.05) is 17.6 Å². The first kappa shape index (κ1) is 19.0. The van der Waals surface area contributed by atoms with E-state index < -0.39 is 0 Å². The van der Waals surface area contributed by atoms with Gasteiger partial charge >= 0.3 is 0 Å². The number of carbonyl (C=O) groups is 1. The minimum absolute atomic E-state index is 0.166. The Kier molecular flexibility index (Phi) is 5.73. The molecule has 0 fully saturated rings. The van der Waals surface area contributed by atoms with Gasteiger partial charge < -0.3 is 16.4 Å². The Morgan fingerprint density at radius 3 is 2.28 bits per heavy atom.